The Labute approximate surface area is 121 Å². The number of pyridine rings is 1. The summed E-state index contributed by atoms with van der Waals surface area (Å²) in [6, 6.07) is 6.19. The topological polar surface area (TPSA) is 109 Å². The van der Waals surface area contributed by atoms with Crippen molar-refractivity contribution >= 4 is 22.3 Å². The number of nitro groups is 1. The highest BCUT2D eigenvalue weighted by Gasteiger charge is 2.19. The van der Waals surface area contributed by atoms with Crippen LogP contribution in [0.1, 0.15) is 12.6 Å². The van der Waals surface area contributed by atoms with E-state index in [1.54, 1.807) is 12.1 Å². The van der Waals surface area contributed by atoms with E-state index < -0.39 is 10.5 Å². The zero-order valence-electron chi connectivity index (χ0n) is 11.8. The first kappa shape index (κ1) is 15.1. The summed E-state index contributed by atoms with van der Waals surface area (Å²) in [5.74, 6) is 0. The molecule has 1 aromatic heterocycles. The summed E-state index contributed by atoms with van der Waals surface area (Å²) in [6.07, 6.45) is 0. The van der Waals surface area contributed by atoms with Crippen LogP contribution in [0.3, 0.4) is 0 Å². The molecule has 3 N–H and O–H groups in total. The van der Waals surface area contributed by atoms with Gasteiger partial charge in [-0.2, -0.15) is 0 Å². The maximum atomic E-state index is 10.9. The minimum absolute atomic E-state index is 0.0230. The van der Waals surface area contributed by atoms with Crippen molar-refractivity contribution in [2.45, 2.75) is 19.4 Å². The highest BCUT2D eigenvalue weighted by molar-refractivity contribution is 5.93. The minimum Gasteiger partial charge on any atom is -0.393 e. The van der Waals surface area contributed by atoms with E-state index in [-0.39, 0.29) is 18.8 Å². The molecule has 0 radical (unpaired) electrons. The maximum absolute atomic E-state index is 10.9. The highest BCUT2D eigenvalue weighted by atomic mass is 16.6. The molecular formula is C14H17N3O4. The van der Waals surface area contributed by atoms with Crippen LogP contribution in [0.4, 0.5) is 11.4 Å². The lowest BCUT2D eigenvalue weighted by Crippen LogP contribution is -2.37. The number of rotatable bonds is 5. The van der Waals surface area contributed by atoms with E-state index >= 15 is 0 Å². The first-order valence-electron chi connectivity index (χ1n) is 6.45. The van der Waals surface area contributed by atoms with Gasteiger partial charge in [-0.05, 0) is 26.0 Å². The second-order valence-electron chi connectivity index (χ2n) is 5.28. The Morgan fingerprint density at radius 1 is 1.43 bits per heavy atom. The molecule has 0 aliphatic heterocycles. The van der Waals surface area contributed by atoms with E-state index in [1.165, 1.54) is 19.1 Å². The van der Waals surface area contributed by atoms with Crippen LogP contribution in [-0.4, -0.2) is 38.9 Å². The Kier molecular flexibility index (Phi) is 4.06. The van der Waals surface area contributed by atoms with Gasteiger partial charge in [0.2, 0.25) is 0 Å². The van der Waals surface area contributed by atoms with Gasteiger partial charge in [0.15, 0.2) is 0 Å². The second kappa shape index (κ2) is 5.63. The van der Waals surface area contributed by atoms with E-state index in [0.29, 0.717) is 16.6 Å². The Morgan fingerprint density at radius 2 is 2.14 bits per heavy atom. The molecule has 112 valence electrons. The van der Waals surface area contributed by atoms with Gasteiger partial charge < -0.3 is 15.5 Å². The summed E-state index contributed by atoms with van der Waals surface area (Å²) in [5, 5.41) is 33.4. The van der Waals surface area contributed by atoms with Crippen molar-refractivity contribution in [3.63, 3.8) is 0 Å². The number of nitrogens with one attached hydrogen (secondary N) is 1. The quantitative estimate of drug-likeness (QED) is 0.570. The number of nitro benzene ring substituents is 1. The first-order chi connectivity index (χ1) is 9.82. The Balaban J connectivity index is 2.45. The van der Waals surface area contributed by atoms with Crippen molar-refractivity contribution in [1.29, 1.82) is 0 Å². The number of fused-ring (bicyclic) bond motifs is 1. The molecule has 7 heteroatoms. The van der Waals surface area contributed by atoms with E-state index in [9.17, 15) is 15.2 Å². The smallest absolute Gasteiger partial charge is 0.270 e. The Hall–Kier alpha value is -2.25. The van der Waals surface area contributed by atoms with Gasteiger partial charge >= 0.3 is 0 Å². The van der Waals surface area contributed by atoms with Crippen molar-refractivity contribution in [2.75, 3.05) is 18.5 Å². The molecule has 0 amide bonds. The van der Waals surface area contributed by atoms with Gasteiger partial charge in [-0.3, -0.25) is 15.1 Å². The molecule has 1 heterocycles. The van der Waals surface area contributed by atoms with Gasteiger partial charge in [-0.15, -0.1) is 0 Å². The molecular weight excluding hydrogens is 274 g/mol. The lowest BCUT2D eigenvalue weighted by Gasteiger charge is -2.22. The van der Waals surface area contributed by atoms with E-state index in [1.807, 2.05) is 6.92 Å². The maximum Gasteiger partial charge on any atom is 0.270 e. The number of nitrogens with zero attached hydrogens (tertiary/aromatic N) is 2. The van der Waals surface area contributed by atoms with Gasteiger partial charge in [0.05, 0.1) is 17.0 Å². The lowest BCUT2D eigenvalue weighted by molar-refractivity contribution is -0.384. The van der Waals surface area contributed by atoms with Gasteiger partial charge in [-0.25, -0.2) is 0 Å². The molecule has 0 aliphatic carbocycles. The average molecular weight is 291 g/mol. The SMILES string of the molecule is Cc1cc(NCC(C)(O)CO)c2cc([N+](=O)[O-])ccc2n1. The standard InChI is InChI=1S/C14H17N3O4/c1-9-5-13(15-7-14(2,19)8-18)11-6-10(17(20)21)3-4-12(11)16-9/h3-6,18-19H,7-8H2,1-2H3,(H,15,16). The summed E-state index contributed by atoms with van der Waals surface area (Å²) < 4.78 is 0. The molecule has 1 atom stereocenters. The number of aromatic nitrogens is 1. The van der Waals surface area contributed by atoms with Crippen molar-refractivity contribution in [2.24, 2.45) is 0 Å². The predicted molar refractivity (Wildman–Crippen MR) is 79.3 cm³/mol. The molecule has 0 saturated carbocycles. The van der Waals surface area contributed by atoms with Crippen LogP contribution in [0, 0.1) is 17.0 Å². The molecule has 2 aromatic rings. The molecule has 21 heavy (non-hydrogen) atoms. The Bertz CT molecular complexity index is 685. The molecule has 0 bridgehead atoms. The van der Waals surface area contributed by atoms with Crippen LogP contribution in [0.25, 0.3) is 10.9 Å². The Morgan fingerprint density at radius 3 is 2.76 bits per heavy atom. The number of aryl methyl sites for hydroxylation is 1. The molecule has 7 nitrogen and oxygen atoms in total. The predicted octanol–water partition coefficient (Wildman–Crippen LogP) is 1.61. The number of aliphatic hydroxyl groups is 2. The lowest BCUT2D eigenvalue weighted by atomic mass is 10.1. The highest BCUT2D eigenvalue weighted by Crippen LogP contribution is 2.27. The number of non-ortho nitro benzene ring substituents is 1. The summed E-state index contributed by atoms with van der Waals surface area (Å²) >= 11 is 0. The number of hydrogen-bond acceptors (Lipinski definition) is 6. The normalized spacial score (nSPS) is 13.9. The van der Waals surface area contributed by atoms with Gasteiger partial charge in [0, 0.05) is 35.4 Å². The number of benzene rings is 1. The fourth-order valence-corrected chi connectivity index (χ4v) is 1.95. The van der Waals surface area contributed by atoms with Gasteiger partial charge in [-0.1, -0.05) is 0 Å². The molecule has 0 fully saturated rings. The van der Waals surface area contributed by atoms with Crippen molar-refractivity contribution < 1.29 is 15.1 Å². The zero-order chi connectivity index (χ0) is 15.6. The van der Waals surface area contributed by atoms with Crippen LogP contribution in [0.15, 0.2) is 24.3 Å². The van der Waals surface area contributed by atoms with Crippen LogP contribution >= 0.6 is 0 Å². The van der Waals surface area contributed by atoms with Crippen LogP contribution in [0.2, 0.25) is 0 Å². The van der Waals surface area contributed by atoms with E-state index in [4.69, 9.17) is 5.11 Å². The molecule has 1 aromatic carbocycles. The molecule has 0 spiro atoms. The molecule has 2 rings (SSSR count). The zero-order valence-corrected chi connectivity index (χ0v) is 11.8. The third kappa shape index (κ3) is 3.45. The summed E-state index contributed by atoms with van der Waals surface area (Å²) in [4.78, 5) is 14.7. The molecule has 0 saturated heterocycles. The average Bonchev–Trinajstić information content (AvgIpc) is 2.44. The number of anilines is 1. The summed E-state index contributed by atoms with van der Waals surface area (Å²) in [7, 11) is 0. The molecule has 0 aliphatic rings. The van der Waals surface area contributed by atoms with Crippen molar-refractivity contribution in [3.8, 4) is 0 Å². The van der Waals surface area contributed by atoms with Crippen LogP contribution in [0.5, 0.6) is 0 Å². The number of aliphatic hydroxyl groups excluding tert-OH is 1. The van der Waals surface area contributed by atoms with Crippen LogP contribution in [-0.2, 0) is 0 Å². The summed E-state index contributed by atoms with van der Waals surface area (Å²) in [6.45, 7) is 3.04. The van der Waals surface area contributed by atoms with Gasteiger partial charge in [0.1, 0.15) is 5.60 Å². The van der Waals surface area contributed by atoms with Crippen molar-refractivity contribution in [3.05, 3.63) is 40.1 Å². The third-order valence-electron chi connectivity index (χ3n) is 3.13. The van der Waals surface area contributed by atoms with E-state index in [2.05, 4.69) is 10.3 Å². The van der Waals surface area contributed by atoms with Crippen molar-refractivity contribution in [1.82, 2.24) is 4.98 Å². The van der Waals surface area contributed by atoms with Gasteiger partial charge in [0.25, 0.3) is 5.69 Å². The second-order valence-corrected chi connectivity index (χ2v) is 5.28. The fourth-order valence-electron chi connectivity index (χ4n) is 1.95. The third-order valence-corrected chi connectivity index (χ3v) is 3.13. The first-order valence-corrected chi connectivity index (χ1v) is 6.45. The summed E-state index contributed by atoms with van der Waals surface area (Å²) in [5.41, 5.74) is 0.721. The number of hydrogen-bond donors (Lipinski definition) is 3. The fraction of sp³-hybridized carbons (Fsp3) is 0.357. The molecule has 1 unspecified atom stereocenters. The minimum atomic E-state index is -1.27. The largest absolute Gasteiger partial charge is 0.393 e. The monoisotopic (exact) mass is 291 g/mol. The van der Waals surface area contributed by atoms with E-state index in [0.717, 1.165) is 5.69 Å². The van der Waals surface area contributed by atoms with Crippen LogP contribution < -0.4 is 5.32 Å².